The van der Waals surface area contributed by atoms with Gasteiger partial charge in [-0.25, -0.2) is 0 Å². The van der Waals surface area contributed by atoms with Gasteiger partial charge in [-0.3, -0.25) is 9.69 Å². The van der Waals surface area contributed by atoms with Crippen LogP contribution in [0.3, 0.4) is 0 Å². The van der Waals surface area contributed by atoms with Gasteiger partial charge in [-0.2, -0.15) is 0 Å². The van der Waals surface area contributed by atoms with Gasteiger partial charge in [0.05, 0.1) is 13.2 Å². The number of benzene rings is 1. The van der Waals surface area contributed by atoms with E-state index in [-0.39, 0.29) is 18.0 Å². The molecule has 1 aliphatic heterocycles. The maximum Gasteiger partial charge on any atom is 0.237 e. The molecule has 1 aliphatic rings. The van der Waals surface area contributed by atoms with Gasteiger partial charge in [0.2, 0.25) is 5.91 Å². The van der Waals surface area contributed by atoms with E-state index < -0.39 is 0 Å². The van der Waals surface area contributed by atoms with Crippen molar-refractivity contribution >= 4 is 11.6 Å². The Hall–Kier alpha value is -1.59. The van der Waals surface area contributed by atoms with Gasteiger partial charge in [-0.05, 0) is 24.6 Å². The second-order valence-electron chi connectivity index (χ2n) is 4.57. The zero-order valence-corrected chi connectivity index (χ0v) is 10.5. The lowest BCUT2D eigenvalue weighted by Crippen LogP contribution is -2.53. The summed E-state index contributed by atoms with van der Waals surface area (Å²) in [6, 6.07) is 7.45. The molecule has 5 nitrogen and oxygen atoms in total. The van der Waals surface area contributed by atoms with E-state index in [1.807, 2.05) is 24.3 Å². The summed E-state index contributed by atoms with van der Waals surface area (Å²) in [5.41, 5.74) is 12.9. The van der Waals surface area contributed by atoms with E-state index in [0.29, 0.717) is 19.8 Å². The first-order chi connectivity index (χ1) is 8.59. The highest BCUT2D eigenvalue weighted by molar-refractivity contribution is 5.80. The van der Waals surface area contributed by atoms with Crippen LogP contribution < -0.4 is 11.5 Å². The number of anilines is 1. The first-order valence-corrected chi connectivity index (χ1v) is 6.08. The molecule has 5 heteroatoms. The highest BCUT2D eigenvalue weighted by Gasteiger charge is 2.31. The lowest BCUT2D eigenvalue weighted by molar-refractivity contribution is -0.131. The minimum Gasteiger partial charge on any atom is -0.399 e. The average molecular weight is 249 g/mol. The van der Waals surface area contributed by atoms with Crippen molar-refractivity contribution < 1.29 is 9.53 Å². The second kappa shape index (κ2) is 5.37. The van der Waals surface area contributed by atoms with Gasteiger partial charge < -0.3 is 16.2 Å². The number of nitrogens with two attached hydrogens (primary N) is 2. The number of ether oxygens (including phenoxy) is 1. The molecule has 0 spiro atoms. The maximum absolute atomic E-state index is 11.4. The van der Waals surface area contributed by atoms with Crippen LogP contribution in [-0.2, 0) is 9.53 Å². The van der Waals surface area contributed by atoms with E-state index in [4.69, 9.17) is 16.2 Å². The number of hydrogen-bond acceptors (Lipinski definition) is 4. The number of amides is 1. The number of hydrogen-bond donors (Lipinski definition) is 2. The van der Waals surface area contributed by atoms with Crippen molar-refractivity contribution in [1.82, 2.24) is 4.90 Å². The van der Waals surface area contributed by atoms with Gasteiger partial charge in [0.15, 0.2) is 0 Å². The Balaban J connectivity index is 2.17. The SMILES string of the molecule is CC(c1ccc(N)cc1)N1CCOCC1C(N)=O. The van der Waals surface area contributed by atoms with E-state index in [2.05, 4.69) is 11.8 Å². The number of carbonyl (C=O) groups excluding carboxylic acids is 1. The van der Waals surface area contributed by atoms with E-state index in [1.54, 1.807) is 0 Å². The van der Waals surface area contributed by atoms with Gasteiger partial charge in [-0.1, -0.05) is 12.1 Å². The molecule has 0 saturated carbocycles. The Morgan fingerprint density at radius 3 is 2.72 bits per heavy atom. The Kier molecular flexibility index (Phi) is 3.84. The van der Waals surface area contributed by atoms with Crippen LogP contribution in [0.15, 0.2) is 24.3 Å². The number of nitrogens with zero attached hydrogens (tertiary/aromatic N) is 1. The number of morpholine rings is 1. The molecule has 1 saturated heterocycles. The van der Waals surface area contributed by atoms with Gasteiger partial charge >= 0.3 is 0 Å². The Morgan fingerprint density at radius 2 is 2.11 bits per heavy atom. The number of carbonyl (C=O) groups is 1. The molecule has 0 radical (unpaired) electrons. The average Bonchev–Trinajstić information content (AvgIpc) is 2.39. The summed E-state index contributed by atoms with van der Waals surface area (Å²) in [5, 5.41) is 0. The predicted molar refractivity (Wildman–Crippen MR) is 69.8 cm³/mol. The van der Waals surface area contributed by atoms with E-state index >= 15 is 0 Å². The van der Waals surface area contributed by atoms with E-state index in [1.165, 1.54) is 0 Å². The van der Waals surface area contributed by atoms with Crippen molar-refractivity contribution in [3.8, 4) is 0 Å². The van der Waals surface area contributed by atoms with Gasteiger partial charge in [0.1, 0.15) is 6.04 Å². The second-order valence-corrected chi connectivity index (χ2v) is 4.57. The summed E-state index contributed by atoms with van der Waals surface area (Å²) in [4.78, 5) is 13.5. The first kappa shape index (κ1) is 12.9. The van der Waals surface area contributed by atoms with Gasteiger partial charge in [-0.15, -0.1) is 0 Å². The van der Waals surface area contributed by atoms with Crippen LogP contribution in [-0.4, -0.2) is 36.6 Å². The summed E-state index contributed by atoms with van der Waals surface area (Å²) in [6.07, 6.45) is 0. The first-order valence-electron chi connectivity index (χ1n) is 6.08. The van der Waals surface area contributed by atoms with Crippen LogP contribution in [0.25, 0.3) is 0 Å². The van der Waals surface area contributed by atoms with Crippen molar-refractivity contribution in [2.24, 2.45) is 5.73 Å². The van der Waals surface area contributed by atoms with Crippen LogP contribution >= 0.6 is 0 Å². The molecule has 1 aromatic carbocycles. The van der Waals surface area contributed by atoms with Crippen LogP contribution in [0.2, 0.25) is 0 Å². The fourth-order valence-electron chi connectivity index (χ4n) is 2.29. The van der Waals surface area contributed by atoms with Gasteiger partial charge in [0, 0.05) is 18.3 Å². The lowest BCUT2D eigenvalue weighted by Gasteiger charge is -2.38. The molecule has 2 unspecified atom stereocenters. The predicted octanol–water partition coefficient (Wildman–Crippen LogP) is 0.516. The Morgan fingerprint density at radius 1 is 1.44 bits per heavy atom. The normalized spacial score (nSPS) is 22.6. The molecule has 1 heterocycles. The smallest absolute Gasteiger partial charge is 0.237 e. The highest BCUT2D eigenvalue weighted by Crippen LogP contribution is 2.24. The largest absolute Gasteiger partial charge is 0.399 e. The maximum atomic E-state index is 11.4. The topological polar surface area (TPSA) is 81.6 Å². The van der Waals surface area contributed by atoms with Crippen molar-refractivity contribution in [3.63, 3.8) is 0 Å². The van der Waals surface area contributed by atoms with E-state index in [0.717, 1.165) is 11.3 Å². The molecule has 0 bridgehead atoms. The minimum absolute atomic E-state index is 0.118. The molecule has 18 heavy (non-hydrogen) atoms. The summed E-state index contributed by atoms with van der Waals surface area (Å²) in [5.74, 6) is -0.336. The Labute approximate surface area is 107 Å². The number of nitrogen functional groups attached to an aromatic ring is 1. The van der Waals surface area contributed by atoms with Crippen LogP contribution in [0.4, 0.5) is 5.69 Å². The number of primary amides is 1. The van der Waals surface area contributed by atoms with Crippen LogP contribution in [0.5, 0.6) is 0 Å². The van der Waals surface area contributed by atoms with Crippen LogP contribution in [0.1, 0.15) is 18.5 Å². The summed E-state index contributed by atoms with van der Waals surface area (Å²) >= 11 is 0. The molecule has 2 rings (SSSR count). The molecule has 1 aromatic rings. The molecule has 0 aromatic heterocycles. The van der Waals surface area contributed by atoms with Crippen molar-refractivity contribution in [2.45, 2.75) is 19.0 Å². The fourth-order valence-corrected chi connectivity index (χ4v) is 2.29. The van der Waals surface area contributed by atoms with Crippen molar-refractivity contribution in [2.75, 3.05) is 25.5 Å². The summed E-state index contributed by atoms with van der Waals surface area (Å²) in [7, 11) is 0. The molecule has 2 atom stereocenters. The number of rotatable bonds is 3. The quantitative estimate of drug-likeness (QED) is 0.765. The minimum atomic E-state index is -0.355. The monoisotopic (exact) mass is 249 g/mol. The standard InChI is InChI=1S/C13H19N3O2/c1-9(10-2-4-11(14)5-3-10)16-6-7-18-8-12(16)13(15)17/h2-5,9,12H,6-8,14H2,1H3,(H2,15,17). The molecule has 98 valence electrons. The third-order valence-corrected chi connectivity index (χ3v) is 3.41. The molecule has 1 amide bonds. The lowest BCUT2D eigenvalue weighted by atomic mass is 10.0. The van der Waals surface area contributed by atoms with Crippen molar-refractivity contribution in [3.05, 3.63) is 29.8 Å². The van der Waals surface area contributed by atoms with Gasteiger partial charge in [0.25, 0.3) is 0 Å². The van der Waals surface area contributed by atoms with E-state index in [9.17, 15) is 4.79 Å². The van der Waals surface area contributed by atoms with Crippen LogP contribution in [0, 0.1) is 0 Å². The summed E-state index contributed by atoms with van der Waals surface area (Å²) < 4.78 is 5.32. The molecule has 0 aliphatic carbocycles. The zero-order valence-electron chi connectivity index (χ0n) is 10.5. The third kappa shape index (κ3) is 2.63. The van der Waals surface area contributed by atoms with Crippen molar-refractivity contribution in [1.29, 1.82) is 0 Å². The third-order valence-electron chi connectivity index (χ3n) is 3.41. The molecular formula is C13H19N3O2. The fraction of sp³-hybridized carbons (Fsp3) is 0.462. The molecule has 1 fully saturated rings. The zero-order chi connectivity index (χ0) is 13.1. The molecule has 4 N–H and O–H groups in total. The highest BCUT2D eigenvalue weighted by atomic mass is 16.5. The summed E-state index contributed by atoms with van der Waals surface area (Å²) in [6.45, 7) is 3.77. The Bertz CT molecular complexity index is 419. The molecular weight excluding hydrogens is 230 g/mol.